The second-order valence-electron chi connectivity index (χ2n) is 7.12. The zero-order valence-corrected chi connectivity index (χ0v) is 16.8. The van der Waals surface area contributed by atoms with E-state index in [2.05, 4.69) is 38.9 Å². The van der Waals surface area contributed by atoms with Gasteiger partial charge in [-0.25, -0.2) is 13.1 Å². The van der Waals surface area contributed by atoms with Crippen LogP contribution in [-0.4, -0.2) is 56.7 Å². The van der Waals surface area contributed by atoms with Gasteiger partial charge in [0.15, 0.2) is 5.82 Å². The first-order chi connectivity index (χ1) is 12.9. The normalized spacial score (nSPS) is 18.9. The molecule has 1 aliphatic heterocycles. The lowest BCUT2D eigenvalue weighted by molar-refractivity contribution is 0.190. The lowest BCUT2D eigenvalue weighted by Gasteiger charge is -2.30. The standard InChI is InChI=1S/C18H27N5O3S/c1-13(2)14-4-6-15(7-5-14)27(24,25)20-9-8-17-21-18(22-26-17)16-12-19-10-11-23(16)3/h4-7,13,16,19-20H,8-12H2,1-3H3. The zero-order valence-electron chi connectivity index (χ0n) is 16.0. The van der Waals surface area contributed by atoms with E-state index in [-0.39, 0.29) is 17.5 Å². The summed E-state index contributed by atoms with van der Waals surface area (Å²) >= 11 is 0. The molecule has 1 unspecified atom stereocenters. The Kier molecular flexibility index (Phi) is 6.25. The summed E-state index contributed by atoms with van der Waals surface area (Å²) in [5.74, 6) is 1.42. The molecule has 0 radical (unpaired) electrons. The van der Waals surface area contributed by atoms with Crippen LogP contribution in [0.2, 0.25) is 0 Å². The summed E-state index contributed by atoms with van der Waals surface area (Å²) in [7, 11) is -1.53. The molecule has 0 saturated carbocycles. The first-order valence-electron chi connectivity index (χ1n) is 9.20. The third-order valence-corrected chi connectivity index (χ3v) is 6.26. The van der Waals surface area contributed by atoms with Crippen LogP contribution < -0.4 is 10.0 Å². The molecule has 1 aromatic heterocycles. The number of sulfonamides is 1. The molecule has 1 aliphatic rings. The molecule has 2 N–H and O–H groups in total. The molecule has 1 fully saturated rings. The average molecular weight is 394 g/mol. The van der Waals surface area contributed by atoms with Crippen LogP contribution in [0, 0.1) is 0 Å². The molecule has 2 heterocycles. The highest BCUT2D eigenvalue weighted by molar-refractivity contribution is 7.89. The number of piperazine rings is 1. The van der Waals surface area contributed by atoms with Crippen LogP contribution in [0.5, 0.6) is 0 Å². The molecule has 0 bridgehead atoms. The Balaban J connectivity index is 1.56. The Morgan fingerprint density at radius 3 is 2.74 bits per heavy atom. The molecule has 0 amide bonds. The second kappa shape index (κ2) is 8.47. The minimum atomic E-state index is -3.55. The number of hydrogen-bond acceptors (Lipinski definition) is 7. The van der Waals surface area contributed by atoms with E-state index in [0.29, 0.717) is 24.1 Å². The molecule has 3 rings (SSSR count). The van der Waals surface area contributed by atoms with Crippen LogP contribution >= 0.6 is 0 Å². The summed E-state index contributed by atoms with van der Waals surface area (Å²) in [5, 5.41) is 7.35. The Labute approximate surface area is 160 Å². The minimum Gasteiger partial charge on any atom is -0.339 e. The summed E-state index contributed by atoms with van der Waals surface area (Å²) in [5.41, 5.74) is 1.11. The van der Waals surface area contributed by atoms with Crippen LogP contribution in [0.15, 0.2) is 33.7 Å². The molecule has 8 nitrogen and oxygen atoms in total. The van der Waals surface area contributed by atoms with Crippen molar-refractivity contribution in [3.8, 4) is 0 Å². The number of hydrogen-bond donors (Lipinski definition) is 2. The van der Waals surface area contributed by atoms with E-state index in [9.17, 15) is 8.42 Å². The number of benzene rings is 1. The van der Waals surface area contributed by atoms with Gasteiger partial charge >= 0.3 is 0 Å². The summed E-state index contributed by atoms with van der Waals surface area (Å²) < 4.78 is 32.7. The number of nitrogens with zero attached hydrogens (tertiary/aromatic N) is 3. The van der Waals surface area contributed by atoms with Gasteiger partial charge in [0.05, 0.1) is 10.9 Å². The van der Waals surface area contributed by atoms with E-state index in [1.165, 1.54) is 0 Å². The lowest BCUT2D eigenvalue weighted by atomic mass is 10.0. The van der Waals surface area contributed by atoms with Gasteiger partial charge in [-0.15, -0.1) is 0 Å². The highest BCUT2D eigenvalue weighted by Crippen LogP contribution is 2.18. The largest absolute Gasteiger partial charge is 0.339 e. The maximum absolute atomic E-state index is 12.4. The van der Waals surface area contributed by atoms with Gasteiger partial charge in [0, 0.05) is 32.6 Å². The fourth-order valence-corrected chi connectivity index (χ4v) is 4.04. The molecular formula is C18H27N5O3S. The molecular weight excluding hydrogens is 366 g/mol. The van der Waals surface area contributed by atoms with E-state index in [1.807, 2.05) is 19.2 Å². The topological polar surface area (TPSA) is 100 Å². The number of nitrogens with one attached hydrogen (secondary N) is 2. The molecule has 1 atom stereocenters. The van der Waals surface area contributed by atoms with Crippen LogP contribution in [0.3, 0.4) is 0 Å². The molecule has 27 heavy (non-hydrogen) atoms. The van der Waals surface area contributed by atoms with Gasteiger partial charge in [0.2, 0.25) is 15.9 Å². The van der Waals surface area contributed by atoms with Gasteiger partial charge in [-0.05, 0) is 30.7 Å². The smallest absolute Gasteiger partial charge is 0.240 e. The zero-order chi connectivity index (χ0) is 19.4. The quantitative estimate of drug-likeness (QED) is 0.731. The van der Waals surface area contributed by atoms with Crippen molar-refractivity contribution in [1.29, 1.82) is 0 Å². The van der Waals surface area contributed by atoms with Gasteiger partial charge in [0.25, 0.3) is 0 Å². The maximum atomic E-state index is 12.4. The molecule has 1 aromatic carbocycles. The number of likely N-dealkylation sites (N-methyl/N-ethyl adjacent to an activating group) is 1. The van der Waals surface area contributed by atoms with E-state index >= 15 is 0 Å². The summed E-state index contributed by atoms with van der Waals surface area (Å²) in [4.78, 5) is 6.85. The van der Waals surface area contributed by atoms with Crippen molar-refractivity contribution in [3.05, 3.63) is 41.5 Å². The van der Waals surface area contributed by atoms with E-state index in [4.69, 9.17) is 4.52 Å². The SMILES string of the molecule is CC(C)c1ccc(S(=O)(=O)NCCc2nc(C3CNCCN3C)no2)cc1. The van der Waals surface area contributed by atoms with Gasteiger partial charge in [-0.3, -0.25) is 4.90 Å². The molecule has 2 aromatic rings. The minimum absolute atomic E-state index is 0.0763. The van der Waals surface area contributed by atoms with Gasteiger partial charge < -0.3 is 9.84 Å². The Morgan fingerprint density at radius 2 is 2.07 bits per heavy atom. The van der Waals surface area contributed by atoms with Crippen LogP contribution in [-0.2, 0) is 16.4 Å². The van der Waals surface area contributed by atoms with Crippen molar-refractivity contribution in [2.24, 2.45) is 0 Å². The predicted molar refractivity (Wildman–Crippen MR) is 102 cm³/mol. The fourth-order valence-electron chi connectivity index (χ4n) is 3.01. The van der Waals surface area contributed by atoms with Crippen LogP contribution in [0.25, 0.3) is 0 Å². The second-order valence-corrected chi connectivity index (χ2v) is 8.89. The summed E-state index contributed by atoms with van der Waals surface area (Å²) in [6.45, 7) is 6.98. The monoisotopic (exact) mass is 393 g/mol. The third kappa shape index (κ3) is 4.92. The first kappa shape index (κ1) is 19.9. The molecule has 0 aliphatic carbocycles. The maximum Gasteiger partial charge on any atom is 0.240 e. The fraction of sp³-hybridized carbons (Fsp3) is 0.556. The number of rotatable bonds is 7. The molecule has 0 spiro atoms. The van der Waals surface area contributed by atoms with Gasteiger partial charge in [-0.1, -0.05) is 31.1 Å². The highest BCUT2D eigenvalue weighted by Gasteiger charge is 2.25. The van der Waals surface area contributed by atoms with E-state index in [0.717, 1.165) is 25.2 Å². The van der Waals surface area contributed by atoms with E-state index < -0.39 is 10.0 Å². The van der Waals surface area contributed by atoms with Crippen molar-refractivity contribution < 1.29 is 12.9 Å². The number of aromatic nitrogens is 2. The lowest BCUT2D eigenvalue weighted by Crippen LogP contribution is -2.44. The average Bonchev–Trinajstić information content (AvgIpc) is 3.10. The van der Waals surface area contributed by atoms with Crippen LogP contribution in [0.1, 0.15) is 43.1 Å². The van der Waals surface area contributed by atoms with Crippen LogP contribution in [0.4, 0.5) is 0 Å². The third-order valence-electron chi connectivity index (χ3n) is 4.78. The summed E-state index contributed by atoms with van der Waals surface area (Å²) in [6, 6.07) is 7.03. The molecule has 1 saturated heterocycles. The predicted octanol–water partition coefficient (Wildman–Crippen LogP) is 1.29. The van der Waals surface area contributed by atoms with Crippen molar-refractivity contribution >= 4 is 10.0 Å². The van der Waals surface area contributed by atoms with Crippen molar-refractivity contribution in [1.82, 2.24) is 25.1 Å². The Bertz CT molecular complexity index is 848. The highest BCUT2D eigenvalue weighted by atomic mass is 32.2. The van der Waals surface area contributed by atoms with Crippen molar-refractivity contribution in [3.63, 3.8) is 0 Å². The van der Waals surface area contributed by atoms with Gasteiger partial charge in [-0.2, -0.15) is 4.98 Å². The van der Waals surface area contributed by atoms with Gasteiger partial charge in [0.1, 0.15) is 0 Å². The first-order valence-corrected chi connectivity index (χ1v) is 10.7. The summed E-state index contributed by atoms with van der Waals surface area (Å²) in [6.07, 6.45) is 0.347. The molecule has 148 valence electrons. The van der Waals surface area contributed by atoms with E-state index in [1.54, 1.807) is 12.1 Å². The van der Waals surface area contributed by atoms with Crippen molar-refractivity contribution in [2.75, 3.05) is 33.2 Å². The van der Waals surface area contributed by atoms with Crippen molar-refractivity contribution in [2.45, 2.75) is 37.1 Å². The molecule has 9 heteroatoms. The Hall–Kier alpha value is -1.81. The Morgan fingerprint density at radius 1 is 1.33 bits per heavy atom.